The van der Waals surface area contributed by atoms with Crippen LogP contribution in [0.1, 0.15) is 21.5 Å². The summed E-state index contributed by atoms with van der Waals surface area (Å²) in [5, 5.41) is 12.5. The molecule has 0 saturated carbocycles. The minimum absolute atomic E-state index is 0.0289. The Morgan fingerprint density at radius 3 is 2.89 bits per heavy atom. The Morgan fingerprint density at radius 2 is 2.17 bits per heavy atom. The first-order valence-electron chi connectivity index (χ1n) is 5.64. The summed E-state index contributed by atoms with van der Waals surface area (Å²) < 4.78 is 0. The second-order valence-corrected chi connectivity index (χ2v) is 4.02. The zero-order valence-corrected chi connectivity index (χ0v) is 10.1. The number of para-hydroxylation sites is 1. The first kappa shape index (κ1) is 12.1. The van der Waals surface area contributed by atoms with Crippen molar-refractivity contribution in [3.63, 3.8) is 0 Å². The van der Waals surface area contributed by atoms with Crippen LogP contribution in [0.5, 0.6) is 5.75 Å². The van der Waals surface area contributed by atoms with E-state index in [-0.39, 0.29) is 11.7 Å². The molecule has 2 aromatic rings. The SMILES string of the molecule is Cc1cccc(C(=O)NCc2cccnc2)c1O. The van der Waals surface area contributed by atoms with Crippen molar-refractivity contribution in [2.75, 3.05) is 0 Å². The standard InChI is InChI=1S/C14H14N2O2/c1-10-4-2-6-12(13(10)17)14(18)16-9-11-5-3-7-15-8-11/h2-8,17H,9H2,1H3,(H,16,18). The monoisotopic (exact) mass is 242 g/mol. The quantitative estimate of drug-likeness (QED) is 0.865. The number of aryl methyl sites for hydroxylation is 1. The molecule has 2 N–H and O–H groups in total. The number of phenols is 1. The topological polar surface area (TPSA) is 62.2 Å². The third kappa shape index (κ3) is 2.66. The number of hydrogen-bond donors (Lipinski definition) is 2. The van der Waals surface area contributed by atoms with Gasteiger partial charge in [0.05, 0.1) is 5.56 Å². The second kappa shape index (κ2) is 5.31. The van der Waals surface area contributed by atoms with E-state index in [1.807, 2.05) is 12.1 Å². The number of nitrogens with one attached hydrogen (secondary N) is 1. The average molecular weight is 242 g/mol. The number of benzene rings is 1. The van der Waals surface area contributed by atoms with Crippen molar-refractivity contribution in [1.82, 2.24) is 10.3 Å². The highest BCUT2D eigenvalue weighted by atomic mass is 16.3. The molecule has 2 rings (SSSR count). The van der Waals surface area contributed by atoms with Crippen LogP contribution in [-0.4, -0.2) is 16.0 Å². The Hall–Kier alpha value is -2.36. The lowest BCUT2D eigenvalue weighted by atomic mass is 10.1. The normalized spacial score (nSPS) is 10.1. The van der Waals surface area contributed by atoms with E-state index in [4.69, 9.17) is 0 Å². The molecule has 0 aliphatic rings. The van der Waals surface area contributed by atoms with Gasteiger partial charge in [0.15, 0.2) is 0 Å². The summed E-state index contributed by atoms with van der Waals surface area (Å²) in [5.41, 5.74) is 1.89. The predicted molar refractivity (Wildman–Crippen MR) is 68.3 cm³/mol. The Kier molecular flexibility index (Phi) is 3.57. The number of pyridine rings is 1. The number of amides is 1. The number of aromatic hydroxyl groups is 1. The summed E-state index contributed by atoms with van der Waals surface area (Å²) in [6, 6.07) is 8.79. The lowest BCUT2D eigenvalue weighted by molar-refractivity contribution is 0.0948. The van der Waals surface area contributed by atoms with Crippen LogP contribution >= 0.6 is 0 Å². The maximum absolute atomic E-state index is 11.9. The van der Waals surface area contributed by atoms with Crippen molar-refractivity contribution in [1.29, 1.82) is 0 Å². The van der Waals surface area contributed by atoms with E-state index in [2.05, 4.69) is 10.3 Å². The van der Waals surface area contributed by atoms with Gasteiger partial charge in [0.2, 0.25) is 0 Å². The molecule has 1 amide bonds. The summed E-state index contributed by atoms with van der Waals surface area (Å²) in [6.07, 6.45) is 3.37. The number of phenolic OH excluding ortho intramolecular Hbond substituents is 1. The first-order valence-corrected chi connectivity index (χ1v) is 5.64. The molecule has 1 aromatic carbocycles. The van der Waals surface area contributed by atoms with Gasteiger partial charge in [-0.3, -0.25) is 9.78 Å². The number of rotatable bonds is 3. The van der Waals surface area contributed by atoms with Gasteiger partial charge in [-0.15, -0.1) is 0 Å². The third-order valence-corrected chi connectivity index (χ3v) is 2.66. The molecule has 0 aliphatic heterocycles. The highest BCUT2D eigenvalue weighted by molar-refractivity contribution is 5.97. The van der Waals surface area contributed by atoms with E-state index in [1.165, 1.54) is 0 Å². The van der Waals surface area contributed by atoms with E-state index in [0.717, 1.165) is 5.56 Å². The minimum Gasteiger partial charge on any atom is -0.507 e. The molecule has 0 radical (unpaired) electrons. The van der Waals surface area contributed by atoms with Gasteiger partial charge in [0.1, 0.15) is 5.75 Å². The molecule has 4 heteroatoms. The molecule has 0 unspecified atom stereocenters. The molecule has 0 aliphatic carbocycles. The van der Waals surface area contributed by atoms with Gasteiger partial charge in [-0.05, 0) is 30.2 Å². The minimum atomic E-state index is -0.292. The summed E-state index contributed by atoms with van der Waals surface area (Å²) in [6.45, 7) is 2.15. The Balaban J connectivity index is 2.07. The smallest absolute Gasteiger partial charge is 0.255 e. The van der Waals surface area contributed by atoms with E-state index >= 15 is 0 Å². The summed E-state index contributed by atoms with van der Waals surface area (Å²) in [7, 11) is 0. The molecular weight excluding hydrogens is 228 g/mol. The number of carbonyl (C=O) groups is 1. The fourth-order valence-corrected chi connectivity index (χ4v) is 1.62. The average Bonchev–Trinajstić information content (AvgIpc) is 2.40. The molecule has 4 nitrogen and oxygen atoms in total. The van der Waals surface area contributed by atoms with Gasteiger partial charge in [-0.1, -0.05) is 18.2 Å². The highest BCUT2D eigenvalue weighted by Gasteiger charge is 2.11. The lowest BCUT2D eigenvalue weighted by Gasteiger charge is -2.08. The molecule has 92 valence electrons. The summed E-state index contributed by atoms with van der Waals surface area (Å²) in [4.78, 5) is 15.9. The van der Waals surface area contributed by atoms with Crippen LogP contribution in [0.25, 0.3) is 0 Å². The maximum atomic E-state index is 11.9. The fraction of sp³-hybridized carbons (Fsp3) is 0.143. The Labute approximate surface area is 105 Å². The fourth-order valence-electron chi connectivity index (χ4n) is 1.62. The second-order valence-electron chi connectivity index (χ2n) is 4.02. The molecule has 0 fully saturated rings. The van der Waals surface area contributed by atoms with Gasteiger partial charge in [0.25, 0.3) is 5.91 Å². The third-order valence-electron chi connectivity index (χ3n) is 2.66. The van der Waals surface area contributed by atoms with E-state index in [1.54, 1.807) is 37.5 Å². The molecule has 1 heterocycles. The zero-order chi connectivity index (χ0) is 13.0. The van der Waals surface area contributed by atoms with Crippen molar-refractivity contribution >= 4 is 5.91 Å². The largest absolute Gasteiger partial charge is 0.507 e. The van der Waals surface area contributed by atoms with Gasteiger partial charge >= 0.3 is 0 Å². The van der Waals surface area contributed by atoms with Crippen LogP contribution in [0.2, 0.25) is 0 Å². The summed E-state index contributed by atoms with van der Waals surface area (Å²) in [5.74, 6) is -0.263. The van der Waals surface area contributed by atoms with Gasteiger partial charge in [-0.2, -0.15) is 0 Å². The molecule has 0 atom stereocenters. The van der Waals surface area contributed by atoms with Gasteiger partial charge < -0.3 is 10.4 Å². The molecule has 0 spiro atoms. The highest BCUT2D eigenvalue weighted by Crippen LogP contribution is 2.21. The Morgan fingerprint density at radius 1 is 1.33 bits per heavy atom. The number of hydrogen-bond acceptors (Lipinski definition) is 3. The first-order chi connectivity index (χ1) is 8.68. The van der Waals surface area contributed by atoms with Crippen LogP contribution in [0, 0.1) is 6.92 Å². The van der Waals surface area contributed by atoms with Gasteiger partial charge in [0, 0.05) is 18.9 Å². The van der Waals surface area contributed by atoms with Crippen molar-refractivity contribution in [2.45, 2.75) is 13.5 Å². The van der Waals surface area contributed by atoms with Crippen molar-refractivity contribution in [3.8, 4) is 5.75 Å². The van der Waals surface area contributed by atoms with E-state index < -0.39 is 0 Å². The molecular formula is C14H14N2O2. The van der Waals surface area contributed by atoms with E-state index in [9.17, 15) is 9.90 Å². The van der Waals surface area contributed by atoms with Gasteiger partial charge in [-0.25, -0.2) is 0 Å². The van der Waals surface area contributed by atoms with Crippen molar-refractivity contribution < 1.29 is 9.90 Å². The molecule has 0 saturated heterocycles. The van der Waals surface area contributed by atoms with Crippen molar-refractivity contribution in [3.05, 3.63) is 59.4 Å². The van der Waals surface area contributed by atoms with E-state index in [0.29, 0.717) is 17.7 Å². The van der Waals surface area contributed by atoms with Crippen LogP contribution in [0.3, 0.4) is 0 Å². The van der Waals surface area contributed by atoms with Crippen LogP contribution in [0.15, 0.2) is 42.7 Å². The predicted octanol–water partition coefficient (Wildman–Crippen LogP) is 2.03. The number of carbonyl (C=O) groups excluding carboxylic acids is 1. The molecule has 18 heavy (non-hydrogen) atoms. The zero-order valence-electron chi connectivity index (χ0n) is 10.1. The lowest BCUT2D eigenvalue weighted by Crippen LogP contribution is -2.23. The van der Waals surface area contributed by atoms with Crippen LogP contribution < -0.4 is 5.32 Å². The molecule has 0 bridgehead atoms. The molecule has 1 aromatic heterocycles. The van der Waals surface area contributed by atoms with Crippen LogP contribution in [0.4, 0.5) is 0 Å². The van der Waals surface area contributed by atoms with Crippen molar-refractivity contribution in [2.24, 2.45) is 0 Å². The van der Waals surface area contributed by atoms with Crippen LogP contribution in [-0.2, 0) is 6.54 Å². The number of aromatic nitrogens is 1. The number of nitrogens with zero attached hydrogens (tertiary/aromatic N) is 1. The maximum Gasteiger partial charge on any atom is 0.255 e. The summed E-state index contributed by atoms with van der Waals surface area (Å²) >= 11 is 0. The Bertz CT molecular complexity index is 553.